The maximum absolute atomic E-state index is 13.0. The van der Waals surface area contributed by atoms with Crippen LogP contribution in [0.2, 0.25) is 0 Å². The lowest BCUT2D eigenvalue weighted by Crippen LogP contribution is -2.30. The van der Waals surface area contributed by atoms with Crippen LogP contribution in [-0.4, -0.2) is 74.5 Å². The van der Waals surface area contributed by atoms with Gasteiger partial charge in [-0.2, -0.15) is 4.98 Å². The second kappa shape index (κ2) is 16.5. The van der Waals surface area contributed by atoms with Crippen molar-refractivity contribution in [3.63, 3.8) is 0 Å². The minimum absolute atomic E-state index is 0.0147. The Labute approximate surface area is 302 Å². The fourth-order valence-electron chi connectivity index (χ4n) is 5.36. The first-order valence-electron chi connectivity index (χ1n) is 16.6. The third-order valence-electron chi connectivity index (χ3n) is 8.22. The van der Waals surface area contributed by atoms with Gasteiger partial charge in [-0.25, -0.2) is 17.9 Å². The summed E-state index contributed by atoms with van der Waals surface area (Å²) in [5, 5.41) is 22.5. The number of nitrogens with zero attached hydrogens (tertiary/aromatic N) is 4. The molecule has 272 valence electrons. The Hall–Kier alpha value is -5.73. The van der Waals surface area contributed by atoms with Crippen LogP contribution in [-0.2, 0) is 16.6 Å². The lowest BCUT2D eigenvalue weighted by molar-refractivity contribution is 0.0696. The average molecular weight is 728 g/mol. The topological polar surface area (TPSA) is 175 Å². The van der Waals surface area contributed by atoms with Crippen molar-refractivity contribution < 1.29 is 37.5 Å². The number of hydrogen-bond donors (Lipinski definition) is 3. The smallest absolute Gasteiger partial charge is 0.335 e. The number of sulfonamides is 1. The van der Waals surface area contributed by atoms with E-state index in [0.717, 1.165) is 36.0 Å². The number of benzene rings is 4. The molecule has 1 heterocycles. The van der Waals surface area contributed by atoms with Gasteiger partial charge >= 0.3 is 5.97 Å². The highest BCUT2D eigenvalue weighted by Gasteiger charge is 2.22. The SMILES string of the molecule is CC(C)CCN(C)c1ccc(-c2noc(-c3cccc(C(=O)NS(=O)(=O)c4cccc(C(=O)O)c4)c3)n2)cc1N(C)Cc1ccc(OCCO)cc1. The van der Waals surface area contributed by atoms with Crippen LogP contribution in [0, 0.1) is 5.92 Å². The van der Waals surface area contributed by atoms with Gasteiger partial charge in [0, 0.05) is 43.9 Å². The first-order valence-corrected chi connectivity index (χ1v) is 18.1. The molecule has 0 bridgehead atoms. The van der Waals surface area contributed by atoms with Gasteiger partial charge in [-0.1, -0.05) is 43.3 Å². The van der Waals surface area contributed by atoms with Crippen LogP contribution in [0.3, 0.4) is 0 Å². The second-order valence-corrected chi connectivity index (χ2v) is 14.3. The van der Waals surface area contributed by atoms with Crippen LogP contribution in [0.5, 0.6) is 5.75 Å². The van der Waals surface area contributed by atoms with Crippen LogP contribution in [0.4, 0.5) is 11.4 Å². The van der Waals surface area contributed by atoms with Crippen LogP contribution >= 0.6 is 0 Å². The van der Waals surface area contributed by atoms with Crippen LogP contribution in [0.15, 0.2) is 100 Å². The zero-order valence-corrected chi connectivity index (χ0v) is 30.1. The van der Waals surface area contributed by atoms with E-state index >= 15 is 0 Å². The average Bonchev–Trinajstić information content (AvgIpc) is 3.64. The molecule has 5 rings (SSSR count). The van der Waals surface area contributed by atoms with Gasteiger partial charge in [0.25, 0.3) is 21.8 Å². The minimum atomic E-state index is -4.36. The molecule has 1 amide bonds. The van der Waals surface area contributed by atoms with Gasteiger partial charge in [0.2, 0.25) is 5.82 Å². The number of carbonyl (C=O) groups is 2. The third-order valence-corrected chi connectivity index (χ3v) is 9.55. The van der Waals surface area contributed by atoms with E-state index in [1.54, 1.807) is 12.1 Å². The maximum Gasteiger partial charge on any atom is 0.335 e. The molecule has 0 spiro atoms. The Morgan fingerprint density at radius 3 is 2.33 bits per heavy atom. The fourth-order valence-corrected chi connectivity index (χ4v) is 6.38. The van der Waals surface area contributed by atoms with Crippen molar-refractivity contribution in [3.05, 3.63) is 108 Å². The Balaban J connectivity index is 1.38. The van der Waals surface area contributed by atoms with E-state index in [-0.39, 0.29) is 35.1 Å². The molecule has 0 atom stereocenters. The molecule has 5 aromatic rings. The number of carboxylic acids is 1. The Kier molecular flexibility index (Phi) is 11.9. The second-order valence-electron chi connectivity index (χ2n) is 12.7. The molecule has 13 nitrogen and oxygen atoms in total. The van der Waals surface area contributed by atoms with Crippen molar-refractivity contribution in [2.75, 3.05) is 43.7 Å². The Bertz CT molecular complexity index is 2130. The van der Waals surface area contributed by atoms with Gasteiger partial charge in [0.05, 0.1) is 28.4 Å². The van der Waals surface area contributed by atoms with Gasteiger partial charge in [-0.05, 0) is 84.6 Å². The normalized spacial score (nSPS) is 11.3. The summed E-state index contributed by atoms with van der Waals surface area (Å²) >= 11 is 0. The molecular weight excluding hydrogens is 687 g/mol. The molecule has 0 aliphatic carbocycles. The summed E-state index contributed by atoms with van der Waals surface area (Å²) in [5.41, 5.74) is 3.92. The highest BCUT2D eigenvalue weighted by molar-refractivity contribution is 7.90. The molecule has 0 unspecified atom stereocenters. The number of anilines is 2. The zero-order chi connectivity index (χ0) is 37.4. The highest BCUT2D eigenvalue weighted by Crippen LogP contribution is 2.34. The summed E-state index contributed by atoms with van der Waals surface area (Å²) in [6.45, 7) is 6.02. The summed E-state index contributed by atoms with van der Waals surface area (Å²) in [6, 6.07) is 24.5. The van der Waals surface area contributed by atoms with Crippen molar-refractivity contribution in [3.8, 4) is 28.6 Å². The van der Waals surface area contributed by atoms with E-state index in [1.165, 1.54) is 30.3 Å². The van der Waals surface area contributed by atoms with Gasteiger partial charge in [0.15, 0.2) is 0 Å². The van der Waals surface area contributed by atoms with Gasteiger partial charge < -0.3 is 29.3 Å². The van der Waals surface area contributed by atoms with Gasteiger partial charge in [-0.3, -0.25) is 4.79 Å². The molecule has 1 aromatic heterocycles. The van der Waals surface area contributed by atoms with Crippen LogP contribution in [0.1, 0.15) is 46.5 Å². The Morgan fingerprint density at radius 1 is 0.885 bits per heavy atom. The van der Waals surface area contributed by atoms with Gasteiger partial charge in [0.1, 0.15) is 12.4 Å². The molecule has 0 radical (unpaired) electrons. The third kappa shape index (κ3) is 9.33. The number of aromatic nitrogens is 2. The van der Waals surface area contributed by atoms with Crippen molar-refractivity contribution in [1.29, 1.82) is 0 Å². The number of aromatic carboxylic acids is 1. The Morgan fingerprint density at radius 2 is 1.62 bits per heavy atom. The maximum atomic E-state index is 13.0. The number of nitrogens with one attached hydrogen (secondary N) is 1. The largest absolute Gasteiger partial charge is 0.491 e. The minimum Gasteiger partial charge on any atom is -0.491 e. The molecule has 52 heavy (non-hydrogen) atoms. The summed E-state index contributed by atoms with van der Waals surface area (Å²) in [6.07, 6.45) is 1.02. The number of carboxylic acid groups (broad SMARTS) is 1. The first kappa shape index (κ1) is 37.5. The number of ether oxygens (including phenoxy) is 1. The molecule has 3 N–H and O–H groups in total. The molecular formula is C38H41N5O8S. The number of amides is 1. The summed E-state index contributed by atoms with van der Waals surface area (Å²) in [4.78, 5) is 32.9. The molecule has 0 aliphatic rings. The van der Waals surface area contributed by atoms with Crippen molar-refractivity contribution in [2.24, 2.45) is 5.92 Å². The standard InChI is InChI=1S/C38H41N5O8S/c1-25(2)17-18-42(3)33-16-13-27(23-34(33)43(4)24-26-11-14-31(15-12-26)50-20-19-44)35-39-37(51-40-35)29-8-5-7-28(21-29)36(45)41-52(48,49)32-10-6-9-30(22-32)38(46)47/h5-16,21-23,25,44H,17-20,24H2,1-4H3,(H,41,45)(H,46,47). The number of rotatable bonds is 16. The van der Waals surface area contributed by atoms with E-state index in [1.807, 2.05) is 54.2 Å². The summed E-state index contributed by atoms with van der Waals surface area (Å²) < 4.78 is 38.9. The quantitative estimate of drug-likeness (QED) is 0.113. The molecule has 4 aromatic carbocycles. The number of aliphatic hydroxyl groups excluding tert-OH is 1. The lowest BCUT2D eigenvalue weighted by atomic mass is 10.1. The molecule has 0 saturated carbocycles. The highest BCUT2D eigenvalue weighted by atomic mass is 32.2. The van der Waals surface area contributed by atoms with Crippen molar-refractivity contribution in [2.45, 2.75) is 31.7 Å². The fraction of sp³-hybridized carbons (Fsp3) is 0.263. The van der Waals surface area contributed by atoms with Crippen molar-refractivity contribution in [1.82, 2.24) is 14.9 Å². The number of aliphatic hydroxyl groups is 1. The number of carbonyl (C=O) groups excluding carboxylic acids is 1. The monoisotopic (exact) mass is 727 g/mol. The number of hydrogen-bond acceptors (Lipinski definition) is 11. The predicted octanol–water partition coefficient (Wildman–Crippen LogP) is 5.71. The lowest BCUT2D eigenvalue weighted by Gasteiger charge is -2.29. The molecule has 0 fully saturated rings. The van der Waals surface area contributed by atoms with E-state index in [0.29, 0.717) is 35.2 Å². The van der Waals surface area contributed by atoms with Crippen molar-refractivity contribution >= 4 is 33.3 Å². The molecule has 0 saturated heterocycles. The van der Waals surface area contributed by atoms with Crippen LogP contribution in [0.25, 0.3) is 22.8 Å². The zero-order valence-electron chi connectivity index (χ0n) is 29.3. The van der Waals surface area contributed by atoms with E-state index < -0.39 is 21.9 Å². The molecule has 14 heteroatoms. The van der Waals surface area contributed by atoms with E-state index in [4.69, 9.17) is 14.4 Å². The van der Waals surface area contributed by atoms with Gasteiger partial charge in [-0.15, -0.1) is 0 Å². The van der Waals surface area contributed by atoms with Crippen LogP contribution < -0.4 is 19.3 Å². The van der Waals surface area contributed by atoms with E-state index in [9.17, 15) is 23.1 Å². The van der Waals surface area contributed by atoms with E-state index in [2.05, 4.69) is 40.8 Å². The molecule has 0 aliphatic heterocycles. The predicted molar refractivity (Wildman–Crippen MR) is 197 cm³/mol. The summed E-state index contributed by atoms with van der Waals surface area (Å²) in [7, 11) is -0.288. The summed E-state index contributed by atoms with van der Waals surface area (Å²) in [5.74, 6) is -0.545. The first-order chi connectivity index (χ1) is 24.8.